The summed E-state index contributed by atoms with van der Waals surface area (Å²) < 4.78 is 5.39. The smallest absolute Gasteiger partial charge is 0.0594 e. The molecule has 16 heavy (non-hydrogen) atoms. The first-order chi connectivity index (χ1) is 7.58. The van der Waals surface area contributed by atoms with Crippen molar-refractivity contribution in [2.24, 2.45) is 17.8 Å². The Morgan fingerprint density at radius 3 is 2.25 bits per heavy atom. The van der Waals surface area contributed by atoms with E-state index in [1.165, 1.54) is 13.0 Å². The van der Waals surface area contributed by atoms with E-state index in [1.807, 2.05) is 0 Å². The van der Waals surface area contributed by atoms with Crippen molar-refractivity contribution in [3.63, 3.8) is 0 Å². The molecular formula is C14H28NO. The summed E-state index contributed by atoms with van der Waals surface area (Å²) >= 11 is 0. The van der Waals surface area contributed by atoms with Crippen LogP contribution in [0.3, 0.4) is 0 Å². The number of hydrogen-bond donors (Lipinski definition) is 0. The summed E-state index contributed by atoms with van der Waals surface area (Å²) in [4.78, 5) is 2.55. The van der Waals surface area contributed by atoms with E-state index in [0.717, 1.165) is 38.1 Å². The van der Waals surface area contributed by atoms with Crippen molar-refractivity contribution in [1.29, 1.82) is 0 Å². The molecule has 0 aromatic heterocycles. The minimum absolute atomic E-state index is 0.699. The first kappa shape index (κ1) is 14.0. The van der Waals surface area contributed by atoms with Gasteiger partial charge in [0.2, 0.25) is 0 Å². The Labute approximate surface area is 101 Å². The van der Waals surface area contributed by atoms with Crippen LogP contribution < -0.4 is 0 Å². The van der Waals surface area contributed by atoms with Crippen LogP contribution in [0.4, 0.5) is 0 Å². The fourth-order valence-corrected chi connectivity index (χ4v) is 2.48. The molecule has 0 aromatic carbocycles. The van der Waals surface area contributed by atoms with Crippen LogP contribution in [-0.2, 0) is 4.74 Å². The average molecular weight is 226 g/mol. The van der Waals surface area contributed by atoms with Gasteiger partial charge in [0.25, 0.3) is 0 Å². The standard InChI is InChI=1S/C14H28NO/c1-12(2)9-14(10-13(3)4)11-15-5-7-16-8-6-15/h9,12-14H,5-8,10-11H2,1-4H3. The molecule has 0 saturated carbocycles. The molecule has 1 aliphatic heterocycles. The van der Waals surface area contributed by atoms with Crippen molar-refractivity contribution < 1.29 is 4.74 Å². The van der Waals surface area contributed by atoms with E-state index in [1.54, 1.807) is 0 Å². The molecule has 1 aliphatic rings. The maximum Gasteiger partial charge on any atom is 0.0594 e. The molecule has 1 heterocycles. The molecule has 1 unspecified atom stereocenters. The normalized spacial score (nSPS) is 18.9. The third-order valence-electron chi connectivity index (χ3n) is 3.03. The largest absolute Gasteiger partial charge is 0.379 e. The number of rotatable bonds is 6. The third-order valence-corrected chi connectivity index (χ3v) is 3.03. The second-order valence-corrected chi connectivity index (χ2v) is 5.74. The SMILES string of the molecule is CC(C)[CH]C(CC(C)C)CN1CCOCC1. The van der Waals surface area contributed by atoms with Crippen molar-refractivity contribution >= 4 is 0 Å². The molecule has 1 atom stereocenters. The topological polar surface area (TPSA) is 12.5 Å². The molecule has 2 heteroatoms. The second kappa shape index (κ2) is 7.29. The van der Waals surface area contributed by atoms with E-state index in [0.29, 0.717) is 5.92 Å². The zero-order chi connectivity index (χ0) is 12.0. The first-order valence-corrected chi connectivity index (χ1v) is 6.73. The van der Waals surface area contributed by atoms with E-state index in [-0.39, 0.29) is 0 Å². The van der Waals surface area contributed by atoms with Crippen molar-refractivity contribution in [3.05, 3.63) is 6.42 Å². The lowest BCUT2D eigenvalue weighted by Crippen LogP contribution is -2.40. The maximum absolute atomic E-state index is 5.39. The number of nitrogens with zero attached hydrogens (tertiary/aromatic N) is 1. The van der Waals surface area contributed by atoms with Crippen molar-refractivity contribution in [1.82, 2.24) is 4.90 Å². The summed E-state index contributed by atoms with van der Waals surface area (Å²) in [6, 6.07) is 0. The van der Waals surface area contributed by atoms with E-state index < -0.39 is 0 Å². The summed E-state index contributed by atoms with van der Waals surface area (Å²) in [5.74, 6) is 2.24. The van der Waals surface area contributed by atoms with Crippen molar-refractivity contribution in [2.45, 2.75) is 34.1 Å². The van der Waals surface area contributed by atoms with Gasteiger partial charge in [-0.1, -0.05) is 27.7 Å². The minimum Gasteiger partial charge on any atom is -0.379 e. The fraction of sp³-hybridized carbons (Fsp3) is 0.929. The van der Waals surface area contributed by atoms with Gasteiger partial charge in [0.05, 0.1) is 13.2 Å². The van der Waals surface area contributed by atoms with Crippen LogP contribution >= 0.6 is 0 Å². The Morgan fingerprint density at radius 2 is 1.75 bits per heavy atom. The van der Waals surface area contributed by atoms with Crippen molar-refractivity contribution in [3.8, 4) is 0 Å². The van der Waals surface area contributed by atoms with Gasteiger partial charge in [0.1, 0.15) is 0 Å². The van der Waals surface area contributed by atoms with Gasteiger partial charge in [-0.05, 0) is 30.6 Å². The first-order valence-electron chi connectivity index (χ1n) is 6.73. The zero-order valence-corrected chi connectivity index (χ0v) is 11.4. The van der Waals surface area contributed by atoms with E-state index in [2.05, 4.69) is 39.0 Å². The van der Waals surface area contributed by atoms with E-state index in [9.17, 15) is 0 Å². The fourth-order valence-electron chi connectivity index (χ4n) is 2.48. The molecular weight excluding hydrogens is 198 g/mol. The Balaban J connectivity index is 2.35. The molecule has 1 rings (SSSR count). The lowest BCUT2D eigenvalue weighted by atomic mass is 9.89. The number of ether oxygens (including phenoxy) is 1. The Hall–Kier alpha value is -0.0800. The molecule has 2 nitrogen and oxygen atoms in total. The molecule has 0 aromatic rings. The Morgan fingerprint density at radius 1 is 1.12 bits per heavy atom. The Bertz CT molecular complexity index is 164. The van der Waals surface area contributed by atoms with E-state index in [4.69, 9.17) is 4.74 Å². The highest BCUT2D eigenvalue weighted by Gasteiger charge is 2.18. The van der Waals surface area contributed by atoms with Gasteiger partial charge in [-0.15, -0.1) is 0 Å². The quantitative estimate of drug-likeness (QED) is 0.690. The number of hydrogen-bond acceptors (Lipinski definition) is 2. The van der Waals surface area contributed by atoms with Crippen LogP contribution in [-0.4, -0.2) is 37.7 Å². The van der Waals surface area contributed by atoms with Gasteiger partial charge >= 0.3 is 0 Å². The number of morpholine rings is 1. The Kier molecular flexibility index (Phi) is 6.37. The highest BCUT2D eigenvalue weighted by molar-refractivity contribution is 4.83. The molecule has 95 valence electrons. The molecule has 0 amide bonds. The second-order valence-electron chi connectivity index (χ2n) is 5.74. The van der Waals surface area contributed by atoms with Crippen LogP contribution in [0.15, 0.2) is 0 Å². The summed E-state index contributed by atoms with van der Waals surface area (Å²) in [5, 5.41) is 0. The summed E-state index contributed by atoms with van der Waals surface area (Å²) in [5.41, 5.74) is 0. The van der Waals surface area contributed by atoms with Crippen LogP contribution in [0.2, 0.25) is 0 Å². The third kappa shape index (κ3) is 5.86. The molecule has 1 fully saturated rings. The molecule has 0 N–H and O–H groups in total. The maximum atomic E-state index is 5.39. The van der Waals surface area contributed by atoms with Gasteiger partial charge in [-0.2, -0.15) is 0 Å². The van der Waals surface area contributed by atoms with Crippen LogP contribution in [0.25, 0.3) is 0 Å². The van der Waals surface area contributed by atoms with Crippen molar-refractivity contribution in [2.75, 3.05) is 32.8 Å². The predicted molar refractivity (Wildman–Crippen MR) is 69.3 cm³/mol. The lowest BCUT2D eigenvalue weighted by Gasteiger charge is -2.31. The molecule has 0 bridgehead atoms. The van der Waals surface area contributed by atoms with Gasteiger partial charge in [0, 0.05) is 19.6 Å². The average Bonchev–Trinajstić information content (AvgIpc) is 2.16. The summed E-state index contributed by atoms with van der Waals surface area (Å²) in [6.45, 7) is 14.5. The molecule has 1 radical (unpaired) electrons. The summed E-state index contributed by atoms with van der Waals surface area (Å²) in [6.07, 6.45) is 3.84. The highest BCUT2D eigenvalue weighted by Crippen LogP contribution is 2.20. The zero-order valence-electron chi connectivity index (χ0n) is 11.4. The monoisotopic (exact) mass is 226 g/mol. The van der Waals surface area contributed by atoms with Gasteiger partial charge < -0.3 is 4.74 Å². The van der Waals surface area contributed by atoms with E-state index >= 15 is 0 Å². The molecule has 1 saturated heterocycles. The van der Waals surface area contributed by atoms with Gasteiger partial charge in [-0.25, -0.2) is 0 Å². The lowest BCUT2D eigenvalue weighted by molar-refractivity contribution is 0.0308. The summed E-state index contributed by atoms with van der Waals surface area (Å²) in [7, 11) is 0. The van der Waals surface area contributed by atoms with Gasteiger partial charge in [0.15, 0.2) is 0 Å². The molecule has 0 aliphatic carbocycles. The van der Waals surface area contributed by atoms with Crippen LogP contribution in [0, 0.1) is 24.2 Å². The highest BCUT2D eigenvalue weighted by atomic mass is 16.5. The van der Waals surface area contributed by atoms with Crippen LogP contribution in [0.1, 0.15) is 34.1 Å². The predicted octanol–water partition coefficient (Wildman–Crippen LogP) is 2.84. The van der Waals surface area contributed by atoms with Crippen LogP contribution in [0.5, 0.6) is 0 Å². The minimum atomic E-state index is 0.699. The van der Waals surface area contributed by atoms with Gasteiger partial charge in [-0.3, -0.25) is 4.90 Å². The molecule has 0 spiro atoms.